The quantitative estimate of drug-likeness (QED) is 0.529. The van der Waals surface area contributed by atoms with E-state index in [0.717, 1.165) is 11.9 Å². The molecule has 3 rings (SSSR count). The molecule has 2 aromatic heterocycles. The lowest BCUT2D eigenvalue weighted by molar-refractivity contribution is 0.0720. The molecule has 0 saturated carbocycles. The number of sulfone groups is 1. The minimum Gasteiger partial charge on any atom is -0.473 e. The molecule has 30 heavy (non-hydrogen) atoms. The molecular formula is C19H21ClN4O5S. The Morgan fingerprint density at radius 3 is 2.13 bits per heavy atom. The first-order valence-corrected chi connectivity index (χ1v) is 11.1. The molecule has 0 N–H and O–H groups in total. The third-order valence-corrected chi connectivity index (χ3v) is 5.91. The maximum atomic E-state index is 12.7. The van der Waals surface area contributed by atoms with E-state index in [-0.39, 0.29) is 33.5 Å². The highest BCUT2D eigenvalue weighted by Gasteiger charge is 2.24. The van der Waals surface area contributed by atoms with Crippen LogP contribution in [0.2, 0.25) is 5.02 Å². The molecule has 0 fully saturated rings. The fourth-order valence-corrected chi connectivity index (χ4v) is 4.22. The van der Waals surface area contributed by atoms with Crippen molar-refractivity contribution in [3.8, 4) is 11.8 Å². The zero-order chi connectivity index (χ0) is 22.2. The number of benzene rings is 1. The van der Waals surface area contributed by atoms with Crippen molar-refractivity contribution in [3.05, 3.63) is 51.8 Å². The van der Waals surface area contributed by atoms with E-state index in [1.54, 1.807) is 40.1 Å². The summed E-state index contributed by atoms with van der Waals surface area (Å²) in [6, 6.07) is 5.95. The fourth-order valence-electron chi connectivity index (χ4n) is 2.94. The van der Waals surface area contributed by atoms with Crippen LogP contribution < -0.4 is 9.47 Å². The molecule has 0 spiro atoms. The van der Waals surface area contributed by atoms with E-state index in [1.165, 1.54) is 21.5 Å². The molecule has 3 aromatic rings. The van der Waals surface area contributed by atoms with Crippen LogP contribution in [0.4, 0.5) is 0 Å². The highest BCUT2D eigenvalue weighted by Crippen LogP contribution is 2.30. The van der Waals surface area contributed by atoms with E-state index in [9.17, 15) is 13.2 Å². The molecule has 11 heteroatoms. The van der Waals surface area contributed by atoms with Gasteiger partial charge < -0.3 is 9.47 Å². The van der Waals surface area contributed by atoms with Gasteiger partial charge in [0, 0.05) is 38.0 Å². The second-order valence-electron chi connectivity index (χ2n) is 6.85. The molecule has 2 heterocycles. The SMILES string of the molecule is Cc1cc(OCc2c(S(C)(=O)=O)ccc(C(=O)Oc3cc(C)nn3C)c2Cl)n(C)n1. The van der Waals surface area contributed by atoms with E-state index < -0.39 is 15.8 Å². The molecule has 0 aliphatic carbocycles. The summed E-state index contributed by atoms with van der Waals surface area (Å²) in [6.45, 7) is 3.39. The number of rotatable bonds is 6. The minimum absolute atomic E-state index is 0.0164. The van der Waals surface area contributed by atoms with Gasteiger partial charge in [-0.2, -0.15) is 10.2 Å². The van der Waals surface area contributed by atoms with Crippen molar-refractivity contribution in [2.45, 2.75) is 25.3 Å². The van der Waals surface area contributed by atoms with Gasteiger partial charge in [0.15, 0.2) is 9.84 Å². The van der Waals surface area contributed by atoms with Gasteiger partial charge >= 0.3 is 5.97 Å². The molecule has 0 saturated heterocycles. The Morgan fingerprint density at radius 1 is 1.07 bits per heavy atom. The van der Waals surface area contributed by atoms with Crippen molar-refractivity contribution in [2.75, 3.05) is 6.26 Å². The normalized spacial score (nSPS) is 11.5. The van der Waals surface area contributed by atoms with Crippen LogP contribution in [0.3, 0.4) is 0 Å². The summed E-state index contributed by atoms with van der Waals surface area (Å²) in [5.74, 6) is -0.0639. The summed E-state index contributed by atoms with van der Waals surface area (Å²) in [7, 11) is -0.286. The van der Waals surface area contributed by atoms with Crippen LogP contribution in [0, 0.1) is 13.8 Å². The Bertz CT molecular complexity index is 1230. The van der Waals surface area contributed by atoms with Crippen molar-refractivity contribution in [1.82, 2.24) is 19.6 Å². The second-order valence-corrected chi connectivity index (χ2v) is 9.21. The smallest absolute Gasteiger partial charge is 0.346 e. The Hall–Kier alpha value is -2.85. The molecule has 0 amide bonds. The van der Waals surface area contributed by atoms with Gasteiger partial charge in [0.05, 0.1) is 26.9 Å². The number of aryl methyl sites for hydroxylation is 4. The average molecular weight is 453 g/mol. The Morgan fingerprint density at radius 2 is 1.63 bits per heavy atom. The van der Waals surface area contributed by atoms with Gasteiger partial charge in [0.1, 0.15) is 6.61 Å². The second kappa shape index (κ2) is 8.11. The van der Waals surface area contributed by atoms with Crippen molar-refractivity contribution >= 4 is 27.4 Å². The number of ether oxygens (including phenoxy) is 2. The van der Waals surface area contributed by atoms with E-state index in [2.05, 4.69) is 10.2 Å². The van der Waals surface area contributed by atoms with Gasteiger partial charge in [0.2, 0.25) is 11.8 Å². The van der Waals surface area contributed by atoms with Crippen LogP contribution in [0.1, 0.15) is 27.3 Å². The molecule has 0 radical (unpaired) electrons. The number of nitrogens with zero attached hydrogens (tertiary/aromatic N) is 4. The molecule has 0 unspecified atom stereocenters. The summed E-state index contributed by atoms with van der Waals surface area (Å²) in [4.78, 5) is 12.7. The average Bonchev–Trinajstić information content (AvgIpc) is 3.12. The fraction of sp³-hybridized carbons (Fsp3) is 0.316. The molecule has 9 nitrogen and oxygen atoms in total. The third-order valence-electron chi connectivity index (χ3n) is 4.30. The third kappa shape index (κ3) is 4.49. The van der Waals surface area contributed by atoms with Crippen LogP contribution in [-0.2, 0) is 30.5 Å². The van der Waals surface area contributed by atoms with E-state index in [0.29, 0.717) is 11.6 Å². The number of carbonyl (C=O) groups excluding carboxylic acids is 1. The lowest BCUT2D eigenvalue weighted by Crippen LogP contribution is -2.15. The lowest BCUT2D eigenvalue weighted by atomic mass is 10.1. The molecule has 1 aromatic carbocycles. The first kappa shape index (κ1) is 21.8. The Kier molecular flexibility index (Phi) is 5.91. The van der Waals surface area contributed by atoms with Crippen molar-refractivity contribution in [3.63, 3.8) is 0 Å². The number of hydrogen-bond donors (Lipinski definition) is 0. The number of aromatic nitrogens is 4. The van der Waals surface area contributed by atoms with Gasteiger partial charge in [-0.15, -0.1) is 0 Å². The summed E-state index contributed by atoms with van der Waals surface area (Å²) < 4.78 is 38.5. The first-order chi connectivity index (χ1) is 14.0. The van der Waals surface area contributed by atoms with Crippen LogP contribution in [0.15, 0.2) is 29.2 Å². The van der Waals surface area contributed by atoms with E-state index >= 15 is 0 Å². The van der Waals surface area contributed by atoms with Crippen molar-refractivity contribution in [2.24, 2.45) is 14.1 Å². The van der Waals surface area contributed by atoms with Crippen LogP contribution in [0.5, 0.6) is 11.8 Å². The largest absolute Gasteiger partial charge is 0.473 e. The van der Waals surface area contributed by atoms with Crippen molar-refractivity contribution < 1.29 is 22.7 Å². The molecule has 0 aliphatic rings. The molecule has 160 valence electrons. The molecule has 0 atom stereocenters. The predicted molar refractivity (Wildman–Crippen MR) is 110 cm³/mol. The topological polar surface area (TPSA) is 105 Å². The summed E-state index contributed by atoms with van der Waals surface area (Å²) in [6.07, 6.45) is 1.06. The van der Waals surface area contributed by atoms with Gasteiger partial charge in [-0.3, -0.25) is 0 Å². The summed E-state index contributed by atoms with van der Waals surface area (Å²) in [5, 5.41) is 8.24. The standard InChI is InChI=1S/C19H21ClN4O5S/c1-11-8-16(23(3)21-11)28-10-14-15(30(5,26)27)7-6-13(18(14)20)19(25)29-17-9-12(2)22-24(17)4/h6-9H,10H2,1-5H3. The monoisotopic (exact) mass is 452 g/mol. The molecular weight excluding hydrogens is 432 g/mol. The van der Waals surface area contributed by atoms with E-state index in [1.807, 2.05) is 0 Å². The number of carbonyl (C=O) groups is 1. The predicted octanol–water partition coefficient (Wildman–Crippen LogP) is 2.63. The van der Waals surface area contributed by atoms with E-state index in [4.69, 9.17) is 21.1 Å². The van der Waals surface area contributed by atoms with Gasteiger partial charge in [0.25, 0.3) is 0 Å². The highest BCUT2D eigenvalue weighted by molar-refractivity contribution is 7.90. The Balaban J connectivity index is 1.97. The summed E-state index contributed by atoms with van der Waals surface area (Å²) in [5.41, 5.74) is 1.60. The maximum absolute atomic E-state index is 12.7. The first-order valence-electron chi connectivity index (χ1n) is 8.85. The highest BCUT2D eigenvalue weighted by atomic mass is 35.5. The zero-order valence-corrected chi connectivity index (χ0v) is 18.7. The van der Waals surface area contributed by atoms with Crippen molar-refractivity contribution in [1.29, 1.82) is 0 Å². The summed E-state index contributed by atoms with van der Waals surface area (Å²) >= 11 is 6.45. The van der Waals surface area contributed by atoms with Gasteiger partial charge in [-0.05, 0) is 26.0 Å². The number of esters is 1. The number of halogens is 1. The van der Waals surface area contributed by atoms with Gasteiger partial charge in [-0.25, -0.2) is 22.6 Å². The Labute approximate surface area is 179 Å². The maximum Gasteiger partial charge on any atom is 0.346 e. The minimum atomic E-state index is -3.62. The number of hydrogen-bond acceptors (Lipinski definition) is 7. The van der Waals surface area contributed by atoms with Gasteiger partial charge in [-0.1, -0.05) is 11.6 Å². The van der Waals surface area contributed by atoms with Crippen LogP contribution in [-0.4, -0.2) is 40.2 Å². The lowest BCUT2D eigenvalue weighted by Gasteiger charge is -2.14. The molecule has 0 aliphatic heterocycles. The van der Waals surface area contributed by atoms with Crippen LogP contribution >= 0.6 is 11.6 Å². The molecule has 0 bridgehead atoms. The zero-order valence-electron chi connectivity index (χ0n) is 17.1. The van der Waals surface area contributed by atoms with Crippen LogP contribution in [0.25, 0.3) is 0 Å².